The molecule has 0 saturated heterocycles. The van der Waals surface area contributed by atoms with E-state index < -0.39 is 0 Å². The fraction of sp³-hybridized carbons (Fsp3) is 0.625. The summed E-state index contributed by atoms with van der Waals surface area (Å²) in [6.45, 7) is 6.43. The van der Waals surface area contributed by atoms with Crippen molar-refractivity contribution in [3.63, 3.8) is 0 Å². The Balaban J connectivity index is 1.67. The first kappa shape index (κ1) is 14.5. The highest BCUT2D eigenvalue weighted by molar-refractivity contribution is 5.30. The van der Waals surface area contributed by atoms with Crippen LogP contribution in [0.3, 0.4) is 0 Å². The van der Waals surface area contributed by atoms with Gasteiger partial charge in [0.25, 0.3) is 0 Å². The number of unbranched alkanes of at least 4 members (excludes halogenated alkanes) is 1. The summed E-state index contributed by atoms with van der Waals surface area (Å²) < 4.78 is 11.2. The van der Waals surface area contributed by atoms with Gasteiger partial charge in [0.15, 0.2) is 0 Å². The van der Waals surface area contributed by atoms with Crippen molar-refractivity contribution in [2.24, 2.45) is 0 Å². The molecule has 3 heteroatoms. The van der Waals surface area contributed by atoms with Crippen molar-refractivity contribution >= 4 is 0 Å². The lowest BCUT2D eigenvalue weighted by atomic mass is 9.99. The van der Waals surface area contributed by atoms with E-state index in [0.29, 0.717) is 6.04 Å². The molecule has 1 aliphatic rings. The third-order valence-corrected chi connectivity index (χ3v) is 3.47. The van der Waals surface area contributed by atoms with Crippen LogP contribution < -0.4 is 5.32 Å². The van der Waals surface area contributed by atoms with Gasteiger partial charge in [-0.05, 0) is 30.5 Å². The Morgan fingerprint density at radius 1 is 1.26 bits per heavy atom. The molecule has 1 aliphatic heterocycles. The molecule has 106 valence electrons. The first-order valence-electron chi connectivity index (χ1n) is 7.38. The second-order valence-corrected chi connectivity index (χ2v) is 5.04. The zero-order chi connectivity index (χ0) is 13.3. The summed E-state index contributed by atoms with van der Waals surface area (Å²) in [5.41, 5.74) is 2.70. The number of ether oxygens (including phenoxy) is 2. The summed E-state index contributed by atoms with van der Waals surface area (Å²) >= 11 is 0. The number of hydrogen-bond acceptors (Lipinski definition) is 3. The summed E-state index contributed by atoms with van der Waals surface area (Å²) in [5, 5.41) is 3.56. The van der Waals surface area contributed by atoms with Crippen LogP contribution in [0.15, 0.2) is 24.3 Å². The molecular weight excluding hydrogens is 238 g/mol. The van der Waals surface area contributed by atoms with Gasteiger partial charge in [-0.15, -0.1) is 0 Å². The maximum absolute atomic E-state index is 5.62. The van der Waals surface area contributed by atoms with Crippen LogP contribution in [-0.4, -0.2) is 26.4 Å². The molecule has 0 aliphatic carbocycles. The van der Waals surface area contributed by atoms with Crippen molar-refractivity contribution in [3.8, 4) is 0 Å². The number of rotatable bonds is 8. The zero-order valence-corrected chi connectivity index (χ0v) is 11.9. The second-order valence-electron chi connectivity index (χ2n) is 5.04. The topological polar surface area (TPSA) is 30.5 Å². The Kier molecular flexibility index (Phi) is 6.34. The molecule has 1 aromatic rings. The van der Waals surface area contributed by atoms with E-state index in [-0.39, 0.29) is 0 Å². The molecule has 1 aromatic carbocycles. The highest BCUT2D eigenvalue weighted by Crippen LogP contribution is 2.24. The van der Waals surface area contributed by atoms with Gasteiger partial charge in [-0.25, -0.2) is 0 Å². The van der Waals surface area contributed by atoms with Gasteiger partial charge in [-0.2, -0.15) is 0 Å². The lowest BCUT2D eigenvalue weighted by Crippen LogP contribution is -2.30. The Bertz CT molecular complexity index is 368. The molecule has 0 radical (unpaired) electrons. The average molecular weight is 263 g/mol. The van der Waals surface area contributed by atoms with Crippen molar-refractivity contribution in [1.82, 2.24) is 5.32 Å². The van der Waals surface area contributed by atoms with E-state index in [1.54, 1.807) is 0 Å². The molecule has 0 aromatic heterocycles. The highest BCUT2D eigenvalue weighted by atomic mass is 16.5. The minimum Gasteiger partial charge on any atom is -0.381 e. The lowest BCUT2D eigenvalue weighted by molar-refractivity contribution is 0.0800. The van der Waals surface area contributed by atoms with Gasteiger partial charge in [-0.3, -0.25) is 0 Å². The van der Waals surface area contributed by atoms with Crippen LogP contribution in [0.2, 0.25) is 0 Å². The number of nitrogens with one attached hydrogen (secondary N) is 1. The molecular formula is C16H25NO2. The molecule has 1 heterocycles. The Morgan fingerprint density at radius 2 is 2.11 bits per heavy atom. The van der Waals surface area contributed by atoms with E-state index >= 15 is 0 Å². The van der Waals surface area contributed by atoms with Gasteiger partial charge >= 0.3 is 0 Å². The lowest BCUT2D eigenvalue weighted by Gasteiger charge is -2.26. The van der Waals surface area contributed by atoms with Gasteiger partial charge in [0.2, 0.25) is 0 Å². The molecule has 1 unspecified atom stereocenters. The van der Waals surface area contributed by atoms with Crippen molar-refractivity contribution in [2.45, 2.75) is 38.8 Å². The SMILES string of the molecule is CCCCOCCCNC1COCc2ccccc21. The summed E-state index contributed by atoms with van der Waals surface area (Å²) in [5.74, 6) is 0. The Morgan fingerprint density at radius 3 is 3.00 bits per heavy atom. The fourth-order valence-corrected chi connectivity index (χ4v) is 2.35. The van der Waals surface area contributed by atoms with Crippen molar-refractivity contribution in [1.29, 1.82) is 0 Å². The first-order valence-corrected chi connectivity index (χ1v) is 7.38. The molecule has 0 saturated carbocycles. The highest BCUT2D eigenvalue weighted by Gasteiger charge is 2.19. The van der Waals surface area contributed by atoms with Crippen molar-refractivity contribution in [3.05, 3.63) is 35.4 Å². The van der Waals surface area contributed by atoms with E-state index in [1.807, 2.05) is 0 Å². The van der Waals surface area contributed by atoms with Crippen LogP contribution >= 0.6 is 0 Å². The van der Waals surface area contributed by atoms with Crippen LogP contribution in [0.4, 0.5) is 0 Å². The predicted molar refractivity (Wildman–Crippen MR) is 77.2 cm³/mol. The smallest absolute Gasteiger partial charge is 0.0721 e. The van der Waals surface area contributed by atoms with Gasteiger partial charge in [0.05, 0.1) is 19.3 Å². The molecule has 2 rings (SSSR count). The van der Waals surface area contributed by atoms with Gasteiger partial charge < -0.3 is 14.8 Å². The largest absolute Gasteiger partial charge is 0.381 e. The van der Waals surface area contributed by atoms with Crippen LogP contribution in [0.25, 0.3) is 0 Å². The monoisotopic (exact) mass is 263 g/mol. The number of hydrogen-bond donors (Lipinski definition) is 1. The first-order chi connectivity index (χ1) is 9.42. The van der Waals surface area contributed by atoms with Crippen molar-refractivity contribution < 1.29 is 9.47 Å². The molecule has 0 amide bonds. The van der Waals surface area contributed by atoms with E-state index in [4.69, 9.17) is 9.47 Å². The van der Waals surface area contributed by atoms with E-state index in [1.165, 1.54) is 17.5 Å². The summed E-state index contributed by atoms with van der Waals surface area (Å²) in [4.78, 5) is 0. The predicted octanol–water partition coefficient (Wildman–Crippen LogP) is 3.05. The van der Waals surface area contributed by atoms with Gasteiger partial charge in [-0.1, -0.05) is 37.6 Å². The van der Waals surface area contributed by atoms with E-state index in [0.717, 1.165) is 45.8 Å². The molecule has 1 atom stereocenters. The molecule has 0 bridgehead atoms. The molecule has 0 fully saturated rings. The summed E-state index contributed by atoms with van der Waals surface area (Å²) in [6, 6.07) is 8.86. The minimum atomic E-state index is 0.334. The van der Waals surface area contributed by atoms with Gasteiger partial charge in [0, 0.05) is 13.2 Å². The van der Waals surface area contributed by atoms with Crippen LogP contribution in [0.5, 0.6) is 0 Å². The second kappa shape index (κ2) is 8.31. The maximum Gasteiger partial charge on any atom is 0.0721 e. The molecule has 1 N–H and O–H groups in total. The van der Waals surface area contributed by atoms with Crippen LogP contribution in [0.1, 0.15) is 43.4 Å². The number of fused-ring (bicyclic) bond motifs is 1. The molecule has 3 nitrogen and oxygen atoms in total. The van der Waals surface area contributed by atoms with Crippen LogP contribution in [-0.2, 0) is 16.1 Å². The summed E-state index contributed by atoms with van der Waals surface area (Å²) in [7, 11) is 0. The Labute approximate surface area is 116 Å². The quantitative estimate of drug-likeness (QED) is 0.731. The summed E-state index contributed by atoms with van der Waals surface area (Å²) in [6.07, 6.45) is 3.42. The molecule has 0 spiro atoms. The van der Waals surface area contributed by atoms with Crippen LogP contribution in [0, 0.1) is 0 Å². The molecule has 19 heavy (non-hydrogen) atoms. The maximum atomic E-state index is 5.62. The van der Waals surface area contributed by atoms with Gasteiger partial charge in [0.1, 0.15) is 0 Å². The Hall–Kier alpha value is -0.900. The van der Waals surface area contributed by atoms with E-state index in [2.05, 4.69) is 36.5 Å². The average Bonchev–Trinajstić information content (AvgIpc) is 2.46. The van der Waals surface area contributed by atoms with E-state index in [9.17, 15) is 0 Å². The number of benzene rings is 1. The zero-order valence-electron chi connectivity index (χ0n) is 11.9. The third-order valence-electron chi connectivity index (χ3n) is 3.47. The van der Waals surface area contributed by atoms with Crippen molar-refractivity contribution in [2.75, 3.05) is 26.4 Å². The normalized spacial score (nSPS) is 18.3. The minimum absolute atomic E-state index is 0.334. The standard InChI is InChI=1S/C16H25NO2/c1-2-3-10-18-11-6-9-17-16-13-19-12-14-7-4-5-8-15(14)16/h4-5,7-8,16-17H,2-3,6,9-13H2,1H3. The third kappa shape index (κ3) is 4.60. The fourth-order valence-electron chi connectivity index (χ4n) is 2.35.